The molecule has 1 unspecified atom stereocenters. The molecule has 2 N–H and O–H groups in total. The lowest BCUT2D eigenvalue weighted by Crippen LogP contribution is -2.38. The van der Waals surface area contributed by atoms with Crippen LogP contribution in [-0.2, 0) is 6.54 Å². The van der Waals surface area contributed by atoms with Gasteiger partial charge in [0, 0.05) is 44.3 Å². The van der Waals surface area contributed by atoms with E-state index < -0.39 is 0 Å². The van der Waals surface area contributed by atoms with Crippen LogP contribution in [0.1, 0.15) is 19.8 Å². The number of anilines is 2. The maximum absolute atomic E-state index is 12.2. The van der Waals surface area contributed by atoms with Crippen molar-refractivity contribution in [2.75, 3.05) is 23.3 Å². The Morgan fingerprint density at radius 1 is 1.35 bits per heavy atom. The van der Waals surface area contributed by atoms with Gasteiger partial charge in [0.15, 0.2) is 5.82 Å². The minimum Gasteiger partial charge on any atom is -0.355 e. The summed E-state index contributed by atoms with van der Waals surface area (Å²) in [6.45, 7) is 4.62. The van der Waals surface area contributed by atoms with E-state index >= 15 is 0 Å². The van der Waals surface area contributed by atoms with Gasteiger partial charge in [-0.2, -0.15) is 0 Å². The van der Waals surface area contributed by atoms with E-state index in [4.69, 9.17) is 0 Å². The number of nitrogens with zero attached hydrogens (tertiary/aromatic N) is 4. The van der Waals surface area contributed by atoms with Crippen LogP contribution in [0.4, 0.5) is 16.3 Å². The molecule has 0 aliphatic carbocycles. The molecule has 3 rings (SSSR count). The summed E-state index contributed by atoms with van der Waals surface area (Å²) in [6, 6.07) is 3.51. The van der Waals surface area contributed by atoms with Crippen molar-refractivity contribution in [2.45, 2.75) is 32.4 Å². The van der Waals surface area contributed by atoms with E-state index in [1.54, 1.807) is 18.7 Å². The minimum absolute atomic E-state index is 0.00360. The monoisotopic (exact) mass is 314 g/mol. The number of carbonyl (C=O) groups excluding carboxylic acids is 1. The third kappa shape index (κ3) is 4.00. The fourth-order valence-electron chi connectivity index (χ4n) is 2.81. The van der Waals surface area contributed by atoms with Gasteiger partial charge in [-0.1, -0.05) is 0 Å². The highest BCUT2D eigenvalue weighted by atomic mass is 16.2. The first-order chi connectivity index (χ1) is 11.2. The average Bonchev–Trinajstić information content (AvgIpc) is 3.20. The predicted octanol–water partition coefficient (Wildman–Crippen LogP) is 2.09. The van der Waals surface area contributed by atoms with Crippen LogP contribution in [0, 0.1) is 0 Å². The highest BCUT2D eigenvalue weighted by Crippen LogP contribution is 2.25. The lowest BCUT2D eigenvalue weighted by Gasteiger charge is -2.21. The van der Waals surface area contributed by atoms with Crippen LogP contribution in [-0.4, -0.2) is 39.7 Å². The smallest absolute Gasteiger partial charge is 0.319 e. The molecule has 2 aromatic heterocycles. The Bertz CT molecular complexity index is 636. The summed E-state index contributed by atoms with van der Waals surface area (Å²) in [7, 11) is 0. The van der Waals surface area contributed by atoms with E-state index in [-0.39, 0.29) is 12.1 Å². The molecule has 2 aromatic rings. The quantitative estimate of drug-likeness (QED) is 0.886. The molecule has 1 atom stereocenters. The molecule has 0 radical (unpaired) electrons. The fourth-order valence-corrected chi connectivity index (χ4v) is 2.81. The highest BCUT2D eigenvalue weighted by molar-refractivity contribution is 5.92. The Morgan fingerprint density at radius 2 is 2.17 bits per heavy atom. The van der Waals surface area contributed by atoms with Gasteiger partial charge in [-0.3, -0.25) is 0 Å². The summed E-state index contributed by atoms with van der Waals surface area (Å²) in [4.78, 5) is 22.9. The van der Waals surface area contributed by atoms with Crippen molar-refractivity contribution in [3.05, 3.63) is 37.1 Å². The number of rotatable bonds is 5. The molecule has 3 heterocycles. The second kappa shape index (κ2) is 7.13. The normalized spacial score (nSPS) is 15.4. The lowest BCUT2D eigenvalue weighted by atomic mass is 10.3. The summed E-state index contributed by atoms with van der Waals surface area (Å²) in [5.41, 5.74) is 0.752. The first-order valence-corrected chi connectivity index (χ1v) is 7.95. The molecule has 0 bridgehead atoms. The molecule has 7 heteroatoms. The summed E-state index contributed by atoms with van der Waals surface area (Å²) >= 11 is 0. The molecule has 7 nitrogen and oxygen atoms in total. The topological polar surface area (TPSA) is 75.1 Å². The molecule has 1 aliphatic rings. The molecule has 1 saturated heterocycles. The lowest BCUT2D eigenvalue weighted by molar-refractivity contribution is 0.248. The number of hydrogen-bond donors (Lipinski definition) is 2. The van der Waals surface area contributed by atoms with E-state index in [1.165, 1.54) is 12.8 Å². The second-order valence-electron chi connectivity index (χ2n) is 5.83. The zero-order valence-corrected chi connectivity index (χ0v) is 13.3. The van der Waals surface area contributed by atoms with Crippen molar-refractivity contribution in [3.63, 3.8) is 0 Å². The van der Waals surface area contributed by atoms with Crippen LogP contribution < -0.4 is 15.5 Å². The SMILES string of the molecule is CC(Cn1ccnc1)NC(=O)Nc1cccnc1N1CCCC1. The summed E-state index contributed by atoms with van der Waals surface area (Å²) in [6.07, 6.45) is 9.45. The third-order valence-corrected chi connectivity index (χ3v) is 3.86. The Morgan fingerprint density at radius 3 is 2.91 bits per heavy atom. The Labute approximate surface area is 135 Å². The van der Waals surface area contributed by atoms with E-state index in [0.29, 0.717) is 6.54 Å². The first kappa shape index (κ1) is 15.3. The Hall–Kier alpha value is -2.57. The van der Waals surface area contributed by atoms with Gasteiger partial charge in [0.05, 0.1) is 12.0 Å². The second-order valence-corrected chi connectivity index (χ2v) is 5.83. The number of nitrogens with one attached hydrogen (secondary N) is 2. The number of hydrogen-bond acceptors (Lipinski definition) is 4. The number of imidazole rings is 1. The van der Waals surface area contributed by atoms with Crippen LogP contribution >= 0.6 is 0 Å². The zero-order chi connectivity index (χ0) is 16.1. The number of pyridine rings is 1. The molecule has 0 aromatic carbocycles. The average molecular weight is 314 g/mol. The molecule has 1 aliphatic heterocycles. The van der Waals surface area contributed by atoms with Crippen LogP contribution in [0.5, 0.6) is 0 Å². The van der Waals surface area contributed by atoms with Gasteiger partial charge in [0.1, 0.15) is 0 Å². The molecular formula is C16H22N6O. The maximum Gasteiger partial charge on any atom is 0.319 e. The van der Waals surface area contributed by atoms with E-state index in [0.717, 1.165) is 24.6 Å². The first-order valence-electron chi connectivity index (χ1n) is 7.95. The molecule has 122 valence electrons. The van der Waals surface area contributed by atoms with Crippen LogP contribution in [0.3, 0.4) is 0 Å². The minimum atomic E-state index is -0.217. The van der Waals surface area contributed by atoms with Crippen molar-refractivity contribution in [1.82, 2.24) is 19.9 Å². The summed E-state index contributed by atoms with van der Waals surface area (Å²) < 4.78 is 1.94. The van der Waals surface area contributed by atoms with Crippen LogP contribution in [0.2, 0.25) is 0 Å². The van der Waals surface area contributed by atoms with Gasteiger partial charge in [0.25, 0.3) is 0 Å². The Kier molecular flexibility index (Phi) is 4.75. The number of aromatic nitrogens is 3. The van der Waals surface area contributed by atoms with Crippen molar-refractivity contribution in [3.8, 4) is 0 Å². The fraction of sp³-hybridized carbons (Fsp3) is 0.438. The van der Waals surface area contributed by atoms with Crippen molar-refractivity contribution >= 4 is 17.5 Å². The van der Waals surface area contributed by atoms with Gasteiger partial charge in [-0.15, -0.1) is 0 Å². The van der Waals surface area contributed by atoms with Gasteiger partial charge in [-0.05, 0) is 31.9 Å². The van der Waals surface area contributed by atoms with E-state index in [2.05, 4.69) is 25.5 Å². The van der Waals surface area contributed by atoms with Gasteiger partial charge in [0.2, 0.25) is 0 Å². The van der Waals surface area contributed by atoms with Crippen molar-refractivity contribution < 1.29 is 4.79 Å². The molecule has 2 amide bonds. The molecule has 0 spiro atoms. The molecule has 1 fully saturated rings. The van der Waals surface area contributed by atoms with Crippen LogP contribution in [0.15, 0.2) is 37.1 Å². The van der Waals surface area contributed by atoms with Gasteiger partial charge >= 0.3 is 6.03 Å². The number of urea groups is 1. The van der Waals surface area contributed by atoms with Gasteiger partial charge < -0.3 is 20.1 Å². The van der Waals surface area contributed by atoms with Crippen molar-refractivity contribution in [2.24, 2.45) is 0 Å². The third-order valence-electron chi connectivity index (χ3n) is 3.86. The zero-order valence-electron chi connectivity index (χ0n) is 13.3. The molecular weight excluding hydrogens is 292 g/mol. The van der Waals surface area contributed by atoms with E-state index in [9.17, 15) is 4.79 Å². The summed E-state index contributed by atoms with van der Waals surface area (Å²) in [5.74, 6) is 0.849. The molecule has 0 saturated carbocycles. The van der Waals surface area contributed by atoms with Gasteiger partial charge in [-0.25, -0.2) is 14.8 Å². The standard InChI is InChI=1S/C16H22N6O/c1-13(11-21-10-7-17-12-21)19-16(23)20-14-5-4-6-18-15(14)22-8-2-3-9-22/h4-7,10,12-13H,2-3,8-9,11H2,1H3,(H2,19,20,23). The number of carbonyl (C=O) groups is 1. The van der Waals surface area contributed by atoms with E-state index in [1.807, 2.05) is 29.8 Å². The largest absolute Gasteiger partial charge is 0.355 e. The summed E-state index contributed by atoms with van der Waals surface area (Å²) in [5, 5.41) is 5.86. The number of amides is 2. The van der Waals surface area contributed by atoms with Crippen molar-refractivity contribution in [1.29, 1.82) is 0 Å². The highest BCUT2D eigenvalue weighted by Gasteiger charge is 2.18. The molecule has 23 heavy (non-hydrogen) atoms. The van der Waals surface area contributed by atoms with Crippen LogP contribution in [0.25, 0.3) is 0 Å². The maximum atomic E-state index is 12.2. The predicted molar refractivity (Wildman–Crippen MR) is 89.5 cm³/mol. The Balaban J connectivity index is 1.59.